The highest BCUT2D eigenvalue weighted by Crippen LogP contribution is 2.52. The van der Waals surface area contributed by atoms with E-state index in [1.165, 1.54) is 12.1 Å². The Morgan fingerprint density at radius 2 is 1.74 bits per heavy atom. The minimum atomic E-state index is -0.422. The summed E-state index contributed by atoms with van der Waals surface area (Å²) in [6.07, 6.45) is 1.29. The molecule has 0 amide bonds. The number of fused-ring (bicyclic) bond motifs is 4. The maximum absolute atomic E-state index is 13.5. The second kappa shape index (κ2) is 7.67. The standard InChI is InChI=1S/C29H24N2O4/c1-29(2)15-21-26-20-6-4-3-5-17(20)9-12-22(26)30-28(27(21)23(32)16-29)25-14-13-24(35-25)18-7-10-19(11-8-18)31(33)34/h3-14,28,30H,15-16H2,1-2H3/t28-/m1/s1. The van der Waals surface area contributed by atoms with Crippen LogP contribution < -0.4 is 5.32 Å². The van der Waals surface area contributed by atoms with Gasteiger partial charge in [0, 0.05) is 40.9 Å². The van der Waals surface area contributed by atoms with Crippen LogP contribution in [0.1, 0.15) is 44.1 Å². The molecule has 3 aromatic carbocycles. The zero-order valence-electron chi connectivity index (χ0n) is 19.5. The third-order valence-electron chi connectivity index (χ3n) is 7.01. The molecule has 1 aromatic heterocycles. The molecule has 2 aliphatic rings. The first-order valence-electron chi connectivity index (χ1n) is 11.7. The number of benzene rings is 3. The van der Waals surface area contributed by atoms with Crippen LogP contribution in [0.5, 0.6) is 0 Å². The highest BCUT2D eigenvalue weighted by molar-refractivity contribution is 6.12. The normalized spacial score (nSPS) is 18.7. The van der Waals surface area contributed by atoms with E-state index < -0.39 is 11.0 Å². The number of hydrogen-bond acceptors (Lipinski definition) is 5. The number of hydrogen-bond donors (Lipinski definition) is 1. The van der Waals surface area contributed by atoms with E-state index in [-0.39, 0.29) is 16.9 Å². The van der Waals surface area contributed by atoms with Gasteiger partial charge in [-0.1, -0.05) is 44.2 Å². The average molecular weight is 465 g/mol. The molecule has 0 saturated heterocycles. The number of anilines is 1. The fourth-order valence-electron chi connectivity index (χ4n) is 5.46. The van der Waals surface area contributed by atoms with E-state index in [9.17, 15) is 14.9 Å². The summed E-state index contributed by atoms with van der Waals surface area (Å²) in [5, 5.41) is 16.9. The maximum atomic E-state index is 13.5. The molecule has 174 valence electrons. The minimum absolute atomic E-state index is 0.0310. The number of nitro groups is 1. The lowest BCUT2D eigenvalue weighted by Crippen LogP contribution is -2.33. The average Bonchev–Trinajstić information content (AvgIpc) is 3.32. The number of nitrogens with zero attached hydrogens (tertiary/aromatic N) is 1. The van der Waals surface area contributed by atoms with Crippen LogP contribution in [-0.4, -0.2) is 10.7 Å². The number of ketones is 1. The highest BCUT2D eigenvalue weighted by Gasteiger charge is 2.41. The quantitative estimate of drug-likeness (QED) is 0.254. The molecule has 1 N–H and O–H groups in total. The lowest BCUT2D eigenvalue weighted by atomic mass is 9.68. The van der Waals surface area contributed by atoms with Crippen molar-refractivity contribution in [2.45, 2.75) is 32.7 Å². The Kier molecular flexibility index (Phi) is 4.68. The molecule has 6 rings (SSSR count). The largest absolute Gasteiger partial charge is 0.459 e. The van der Waals surface area contributed by atoms with E-state index in [1.54, 1.807) is 12.1 Å². The Hall–Kier alpha value is -4.19. The highest BCUT2D eigenvalue weighted by atomic mass is 16.6. The number of nitro benzene ring substituents is 1. The van der Waals surface area contributed by atoms with Crippen LogP contribution in [-0.2, 0) is 4.79 Å². The molecule has 1 atom stereocenters. The third kappa shape index (κ3) is 3.53. The molecule has 4 aromatic rings. The van der Waals surface area contributed by atoms with Gasteiger partial charge in [0.25, 0.3) is 5.69 Å². The van der Waals surface area contributed by atoms with Crippen molar-refractivity contribution in [1.82, 2.24) is 0 Å². The summed E-state index contributed by atoms with van der Waals surface area (Å²) < 4.78 is 6.24. The summed E-state index contributed by atoms with van der Waals surface area (Å²) in [6.45, 7) is 4.30. The summed E-state index contributed by atoms with van der Waals surface area (Å²) in [7, 11) is 0. The maximum Gasteiger partial charge on any atom is 0.269 e. The van der Waals surface area contributed by atoms with E-state index in [4.69, 9.17) is 4.42 Å². The number of carbonyl (C=O) groups excluding carboxylic acids is 1. The van der Waals surface area contributed by atoms with Gasteiger partial charge in [-0.25, -0.2) is 0 Å². The Balaban J connectivity index is 1.48. The number of allylic oxidation sites excluding steroid dienone is 1. The molecule has 0 fully saturated rings. The molecular weight excluding hydrogens is 440 g/mol. The molecule has 6 heteroatoms. The third-order valence-corrected chi connectivity index (χ3v) is 7.01. The van der Waals surface area contributed by atoms with E-state index in [2.05, 4.69) is 43.4 Å². The van der Waals surface area contributed by atoms with Gasteiger partial charge < -0.3 is 9.73 Å². The predicted molar refractivity (Wildman–Crippen MR) is 136 cm³/mol. The number of Topliss-reactive ketones (excluding diaryl/α,β-unsaturated/α-hetero) is 1. The number of rotatable bonds is 3. The topological polar surface area (TPSA) is 85.4 Å². The summed E-state index contributed by atoms with van der Waals surface area (Å²) in [5.74, 6) is 1.39. The van der Waals surface area contributed by atoms with E-state index >= 15 is 0 Å². The lowest BCUT2D eigenvalue weighted by Gasteiger charge is -2.39. The van der Waals surface area contributed by atoms with Gasteiger partial charge >= 0.3 is 0 Å². The molecule has 2 heterocycles. The fraction of sp³-hybridized carbons (Fsp3) is 0.207. The molecule has 0 unspecified atom stereocenters. The SMILES string of the molecule is CC1(C)CC(=O)C2=C(C1)c1c(ccc3ccccc13)N[C@@H]2c1ccc(-c2ccc([N+](=O)[O-])cc2)o1. The summed E-state index contributed by atoms with van der Waals surface area (Å²) in [5.41, 5.74) is 4.62. The van der Waals surface area contributed by atoms with Gasteiger partial charge in [0.2, 0.25) is 0 Å². The zero-order chi connectivity index (χ0) is 24.3. The molecule has 0 spiro atoms. The van der Waals surface area contributed by atoms with Crippen LogP contribution in [0, 0.1) is 15.5 Å². The van der Waals surface area contributed by atoms with Gasteiger partial charge in [-0.05, 0) is 58.5 Å². The first-order chi connectivity index (χ1) is 16.8. The van der Waals surface area contributed by atoms with Crippen molar-refractivity contribution in [3.8, 4) is 11.3 Å². The van der Waals surface area contributed by atoms with E-state index in [1.807, 2.05) is 24.3 Å². The first kappa shape index (κ1) is 21.4. The zero-order valence-corrected chi connectivity index (χ0v) is 19.5. The van der Waals surface area contributed by atoms with Crippen molar-refractivity contribution in [2.75, 3.05) is 5.32 Å². The molecule has 0 radical (unpaired) electrons. The van der Waals surface area contributed by atoms with Gasteiger partial charge in [-0.3, -0.25) is 14.9 Å². The Bertz CT molecular complexity index is 1540. The van der Waals surface area contributed by atoms with Gasteiger partial charge in [0.15, 0.2) is 5.78 Å². The monoisotopic (exact) mass is 464 g/mol. The Labute approximate surface area is 202 Å². The van der Waals surface area contributed by atoms with Gasteiger partial charge in [-0.15, -0.1) is 0 Å². The number of non-ortho nitro benzene ring substituents is 1. The minimum Gasteiger partial charge on any atom is -0.459 e. The van der Waals surface area contributed by atoms with Crippen LogP contribution in [0.4, 0.5) is 11.4 Å². The van der Waals surface area contributed by atoms with Crippen molar-refractivity contribution >= 4 is 33.5 Å². The van der Waals surface area contributed by atoms with Crippen LogP contribution in [0.15, 0.2) is 82.8 Å². The second-order valence-electron chi connectivity index (χ2n) is 10.1. The molecular formula is C29H24N2O4. The molecule has 1 aliphatic carbocycles. The van der Waals surface area contributed by atoms with Crippen LogP contribution in [0.25, 0.3) is 27.7 Å². The summed E-state index contributed by atoms with van der Waals surface area (Å²) in [6, 6.07) is 22.1. The molecule has 0 saturated carbocycles. The van der Waals surface area contributed by atoms with Crippen LogP contribution in [0.3, 0.4) is 0 Å². The van der Waals surface area contributed by atoms with Gasteiger partial charge in [-0.2, -0.15) is 0 Å². The predicted octanol–water partition coefficient (Wildman–Crippen LogP) is 7.32. The summed E-state index contributed by atoms with van der Waals surface area (Å²) in [4.78, 5) is 24.1. The van der Waals surface area contributed by atoms with Crippen molar-refractivity contribution in [3.05, 3.63) is 99.8 Å². The first-order valence-corrected chi connectivity index (χ1v) is 11.7. The molecule has 35 heavy (non-hydrogen) atoms. The van der Waals surface area contributed by atoms with Crippen LogP contribution >= 0.6 is 0 Å². The summed E-state index contributed by atoms with van der Waals surface area (Å²) >= 11 is 0. The number of carbonyl (C=O) groups is 1. The van der Waals surface area contributed by atoms with Gasteiger partial charge in [0.05, 0.1) is 4.92 Å². The Morgan fingerprint density at radius 1 is 0.971 bits per heavy atom. The molecule has 6 nitrogen and oxygen atoms in total. The number of nitrogens with one attached hydrogen (secondary N) is 1. The van der Waals surface area contributed by atoms with Crippen molar-refractivity contribution < 1.29 is 14.1 Å². The Morgan fingerprint density at radius 3 is 2.51 bits per heavy atom. The van der Waals surface area contributed by atoms with E-state index in [0.717, 1.165) is 45.2 Å². The van der Waals surface area contributed by atoms with Crippen molar-refractivity contribution in [2.24, 2.45) is 5.41 Å². The smallest absolute Gasteiger partial charge is 0.269 e. The number of furan rings is 1. The molecule has 1 aliphatic heterocycles. The van der Waals surface area contributed by atoms with Gasteiger partial charge in [0.1, 0.15) is 17.6 Å². The van der Waals surface area contributed by atoms with Crippen molar-refractivity contribution in [3.63, 3.8) is 0 Å². The second-order valence-corrected chi connectivity index (χ2v) is 10.1. The van der Waals surface area contributed by atoms with Crippen molar-refractivity contribution in [1.29, 1.82) is 0 Å². The molecule has 0 bridgehead atoms. The fourth-order valence-corrected chi connectivity index (χ4v) is 5.46. The van der Waals surface area contributed by atoms with E-state index in [0.29, 0.717) is 17.9 Å². The lowest BCUT2D eigenvalue weighted by molar-refractivity contribution is -0.384. The van der Waals surface area contributed by atoms with Crippen LogP contribution in [0.2, 0.25) is 0 Å².